The molecule has 12 heteroatoms. The number of hydrogen-bond donors (Lipinski definition) is 3. The van der Waals surface area contributed by atoms with Gasteiger partial charge in [0.25, 0.3) is 5.91 Å². The van der Waals surface area contributed by atoms with Crippen molar-refractivity contribution in [2.24, 2.45) is 7.05 Å². The van der Waals surface area contributed by atoms with E-state index in [0.717, 1.165) is 18.9 Å². The van der Waals surface area contributed by atoms with Gasteiger partial charge in [-0.15, -0.1) is 0 Å². The lowest BCUT2D eigenvalue weighted by molar-refractivity contribution is -0.111. The molecule has 35 heavy (non-hydrogen) atoms. The summed E-state index contributed by atoms with van der Waals surface area (Å²) < 4.78 is 12.7. The van der Waals surface area contributed by atoms with Gasteiger partial charge >= 0.3 is 0 Å². The number of benzene rings is 1. The first kappa shape index (κ1) is 24.0. The highest BCUT2D eigenvalue weighted by Crippen LogP contribution is 2.31. The topological polar surface area (TPSA) is 132 Å². The molecule has 4 rings (SSSR count). The fourth-order valence-corrected chi connectivity index (χ4v) is 3.36. The summed E-state index contributed by atoms with van der Waals surface area (Å²) in [4.78, 5) is 32.6. The summed E-state index contributed by atoms with van der Waals surface area (Å²) in [6, 6.07) is 3.52. The minimum Gasteiger partial charge on any atom is -0.495 e. The van der Waals surface area contributed by atoms with Crippen molar-refractivity contribution in [2.75, 3.05) is 17.7 Å². The van der Waals surface area contributed by atoms with Gasteiger partial charge in [-0.2, -0.15) is 5.10 Å². The number of ether oxygens (including phenoxy) is 2. The second-order valence-electron chi connectivity index (χ2n) is 7.78. The molecule has 2 aromatic heterocycles. The fraction of sp³-hybridized carbons (Fsp3) is 0.261. The van der Waals surface area contributed by atoms with Crippen LogP contribution in [0.3, 0.4) is 0 Å². The van der Waals surface area contributed by atoms with E-state index in [1.165, 1.54) is 30.4 Å². The van der Waals surface area contributed by atoms with Gasteiger partial charge in [-0.25, -0.2) is 9.97 Å². The summed E-state index contributed by atoms with van der Waals surface area (Å²) in [6.45, 7) is 3.51. The van der Waals surface area contributed by atoms with E-state index < -0.39 is 0 Å². The van der Waals surface area contributed by atoms with Crippen molar-refractivity contribution in [3.63, 3.8) is 0 Å². The van der Waals surface area contributed by atoms with E-state index in [0.29, 0.717) is 39.2 Å². The maximum Gasteiger partial charge on any atom is 0.251 e. The number of methoxy groups -OCH3 is 1. The molecule has 11 nitrogen and oxygen atoms in total. The Labute approximate surface area is 206 Å². The first-order chi connectivity index (χ1) is 16.9. The molecule has 3 N–H and O–H groups in total. The molecule has 2 heterocycles. The number of carbonyl (C=O) groups is 2. The lowest BCUT2D eigenvalue weighted by Crippen LogP contribution is -2.25. The lowest BCUT2D eigenvalue weighted by atomic mass is 10.1. The summed E-state index contributed by atoms with van der Waals surface area (Å²) >= 11 is 6.43. The number of rotatable bonds is 10. The zero-order chi connectivity index (χ0) is 24.9. The number of halogens is 1. The molecule has 0 unspecified atom stereocenters. The summed E-state index contributed by atoms with van der Waals surface area (Å²) in [5.74, 6) is 1.00. The molecule has 1 saturated carbocycles. The van der Waals surface area contributed by atoms with Gasteiger partial charge in [-0.3, -0.25) is 14.3 Å². The molecule has 0 spiro atoms. The van der Waals surface area contributed by atoms with Gasteiger partial charge < -0.3 is 25.4 Å². The Morgan fingerprint density at radius 2 is 2.00 bits per heavy atom. The van der Waals surface area contributed by atoms with E-state index in [-0.39, 0.29) is 30.4 Å². The highest BCUT2D eigenvalue weighted by atomic mass is 35.5. The Balaban J connectivity index is 1.43. The normalized spacial score (nSPS) is 12.5. The molecule has 0 radical (unpaired) electrons. The van der Waals surface area contributed by atoms with Crippen molar-refractivity contribution in [1.82, 2.24) is 25.1 Å². The SMILES string of the molecule is C=CC(=O)Nc1cnn(C)c1Nc1ncc(OCc2cc(C(=O)NC3CC3)cc(OC)c2Cl)cn1. The molecule has 1 fully saturated rings. The van der Waals surface area contributed by atoms with Crippen LogP contribution >= 0.6 is 11.6 Å². The van der Waals surface area contributed by atoms with Crippen LogP contribution in [-0.2, 0) is 18.4 Å². The zero-order valence-electron chi connectivity index (χ0n) is 19.2. The van der Waals surface area contributed by atoms with E-state index in [2.05, 4.69) is 37.6 Å². The Morgan fingerprint density at radius 3 is 2.66 bits per heavy atom. The van der Waals surface area contributed by atoms with Crippen molar-refractivity contribution in [1.29, 1.82) is 0 Å². The first-order valence-electron chi connectivity index (χ1n) is 10.7. The minimum atomic E-state index is -0.366. The largest absolute Gasteiger partial charge is 0.495 e. The van der Waals surface area contributed by atoms with Gasteiger partial charge in [0.1, 0.15) is 18.0 Å². The maximum atomic E-state index is 12.5. The summed E-state index contributed by atoms with van der Waals surface area (Å²) in [5.41, 5.74) is 1.49. The predicted molar refractivity (Wildman–Crippen MR) is 130 cm³/mol. The molecule has 2 amide bonds. The standard InChI is InChI=1S/C23H24ClN7O4/c1-4-19(32)29-17-11-27-31(2)21(17)30-23-25-9-16(10-26-23)35-12-14-7-13(8-18(34-3)20(14)24)22(33)28-15-5-6-15/h4,7-11,15H,1,5-6,12H2,2-3H3,(H,28,33)(H,29,32)(H,25,26,30). The number of nitrogens with one attached hydrogen (secondary N) is 3. The van der Waals surface area contributed by atoms with Crippen LogP contribution in [-0.4, -0.2) is 44.7 Å². The van der Waals surface area contributed by atoms with Gasteiger partial charge in [0, 0.05) is 24.2 Å². The van der Waals surface area contributed by atoms with Crippen LogP contribution in [0.5, 0.6) is 11.5 Å². The van der Waals surface area contributed by atoms with Crippen molar-refractivity contribution in [3.8, 4) is 11.5 Å². The van der Waals surface area contributed by atoms with Crippen LogP contribution in [0, 0.1) is 0 Å². The Hall–Kier alpha value is -4.12. The number of anilines is 3. The van der Waals surface area contributed by atoms with Crippen molar-refractivity contribution in [3.05, 3.63) is 59.5 Å². The molecule has 0 saturated heterocycles. The highest BCUT2D eigenvalue weighted by molar-refractivity contribution is 6.33. The molecule has 0 aliphatic heterocycles. The smallest absolute Gasteiger partial charge is 0.251 e. The van der Waals surface area contributed by atoms with Gasteiger partial charge in [0.2, 0.25) is 11.9 Å². The predicted octanol–water partition coefficient (Wildman–Crippen LogP) is 3.21. The number of hydrogen-bond acceptors (Lipinski definition) is 8. The van der Waals surface area contributed by atoms with Crippen molar-refractivity contribution < 1.29 is 19.1 Å². The van der Waals surface area contributed by atoms with E-state index in [1.54, 1.807) is 19.2 Å². The highest BCUT2D eigenvalue weighted by Gasteiger charge is 2.25. The van der Waals surface area contributed by atoms with E-state index >= 15 is 0 Å². The fourth-order valence-electron chi connectivity index (χ4n) is 3.12. The quantitative estimate of drug-likeness (QED) is 0.364. The number of aryl methyl sites for hydroxylation is 1. The van der Waals surface area contributed by atoms with E-state index in [1.807, 2.05) is 0 Å². The Bertz CT molecular complexity index is 1260. The average molecular weight is 498 g/mol. The summed E-state index contributed by atoms with van der Waals surface area (Å²) in [5, 5.41) is 13.1. The van der Waals surface area contributed by atoms with Gasteiger partial charge in [0.05, 0.1) is 30.7 Å². The molecule has 0 atom stereocenters. The van der Waals surface area contributed by atoms with Crippen molar-refractivity contribution in [2.45, 2.75) is 25.5 Å². The third-order valence-corrected chi connectivity index (χ3v) is 5.57. The molecule has 182 valence electrons. The van der Waals surface area contributed by atoms with Gasteiger partial charge in [-0.1, -0.05) is 18.2 Å². The van der Waals surface area contributed by atoms with Crippen molar-refractivity contribution >= 4 is 40.9 Å². The Morgan fingerprint density at radius 1 is 1.26 bits per heavy atom. The lowest BCUT2D eigenvalue weighted by Gasteiger charge is -2.13. The van der Waals surface area contributed by atoms with Crippen LogP contribution < -0.4 is 25.4 Å². The number of amides is 2. The van der Waals surface area contributed by atoms with Crippen LogP contribution in [0.2, 0.25) is 5.02 Å². The molecule has 3 aromatic rings. The third-order valence-electron chi connectivity index (χ3n) is 5.14. The molecule has 0 bridgehead atoms. The second-order valence-corrected chi connectivity index (χ2v) is 8.16. The third kappa shape index (κ3) is 5.87. The summed E-state index contributed by atoms with van der Waals surface area (Å²) in [6.07, 6.45) is 7.62. The second kappa shape index (κ2) is 10.4. The molecular weight excluding hydrogens is 474 g/mol. The molecular formula is C23H24ClN7O4. The van der Waals surface area contributed by atoms with Crippen LogP contribution in [0.25, 0.3) is 0 Å². The number of nitrogens with zero attached hydrogens (tertiary/aromatic N) is 4. The molecule has 1 aliphatic carbocycles. The summed E-state index contributed by atoms with van der Waals surface area (Å²) in [7, 11) is 3.20. The molecule has 1 aliphatic rings. The first-order valence-corrected chi connectivity index (χ1v) is 11.1. The number of aromatic nitrogens is 4. The average Bonchev–Trinajstić information content (AvgIpc) is 3.62. The number of carbonyl (C=O) groups excluding carboxylic acids is 2. The van der Waals surface area contributed by atoms with Crippen LogP contribution in [0.4, 0.5) is 17.5 Å². The van der Waals surface area contributed by atoms with Crippen LogP contribution in [0.15, 0.2) is 43.4 Å². The van der Waals surface area contributed by atoms with Crippen LogP contribution in [0.1, 0.15) is 28.8 Å². The van der Waals surface area contributed by atoms with E-state index in [4.69, 9.17) is 21.1 Å². The monoisotopic (exact) mass is 497 g/mol. The van der Waals surface area contributed by atoms with E-state index in [9.17, 15) is 9.59 Å². The minimum absolute atomic E-state index is 0.0787. The maximum absolute atomic E-state index is 12.5. The van der Waals surface area contributed by atoms with Gasteiger partial charge in [-0.05, 0) is 31.1 Å². The van der Waals surface area contributed by atoms with Gasteiger partial charge in [0.15, 0.2) is 11.6 Å². The Kier molecular flexibility index (Phi) is 7.16. The zero-order valence-corrected chi connectivity index (χ0v) is 19.9. The molecule has 1 aromatic carbocycles.